The maximum absolute atomic E-state index is 13.9. The molecule has 3 fully saturated rings. The van der Waals surface area contributed by atoms with E-state index < -0.39 is 113 Å². The molecule has 1 spiro atoms. The monoisotopic (exact) mass is 662 g/mol. The second-order valence-corrected chi connectivity index (χ2v) is 14.1. The van der Waals surface area contributed by atoms with E-state index >= 15 is 0 Å². The Kier molecular flexibility index (Phi) is 9.89. The SMILES string of the molecule is CC(=O)OC1C2C(O)C3(OC2(C)C)C(C)(O)CC(OC(=O)C(C)C)C(OC(C)=O)C3(COC(=O)C(C)C)C1OC(=O)c1ccccc1. The van der Waals surface area contributed by atoms with Gasteiger partial charge in [0.05, 0.1) is 40.6 Å². The smallest absolute Gasteiger partial charge is 0.338 e. The van der Waals surface area contributed by atoms with Crippen LogP contribution < -0.4 is 0 Å². The number of rotatable bonds is 9. The first-order valence-electron chi connectivity index (χ1n) is 15.8. The molecule has 1 aromatic carbocycles. The first-order chi connectivity index (χ1) is 21.7. The summed E-state index contributed by atoms with van der Waals surface area (Å²) in [5, 5.41) is 24.9. The zero-order valence-electron chi connectivity index (χ0n) is 28.3. The van der Waals surface area contributed by atoms with E-state index in [2.05, 4.69) is 0 Å². The fraction of sp³-hybridized carbons (Fsp3) is 0.676. The highest BCUT2D eigenvalue weighted by atomic mass is 16.6. The van der Waals surface area contributed by atoms with Gasteiger partial charge < -0.3 is 38.6 Å². The third kappa shape index (κ3) is 6.02. The number of hydrogen-bond donors (Lipinski definition) is 2. The van der Waals surface area contributed by atoms with Crippen LogP contribution in [0, 0.1) is 23.2 Å². The molecule has 4 rings (SSSR count). The fourth-order valence-electron chi connectivity index (χ4n) is 7.73. The molecule has 0 amide bonds. The topological polar surface area (TPSA) is 181 Å². The third-order valence-corrected chi connectivity index (χ3v) is 9.58. The van der Waals surface area contributed by atoms with Crippen molar-refractivity contribution in [1.29, 1.82) is 0 Å². The minimum atomic E-state index is -2.23. The standard InChI is InChI=1S/C34H46O13/c1-17(2)28(38)42-16-33-26(44-20(6)36)22(45-29(39)18(3)4)15-32(9,41)34(33)25(37)23(31(7,8)47-34)24(43-19(5)35)27(33)46-30(40)21-13-11-10-12-14-21/h10-14,17-18,22-27,37,41H,15-16H2,1-9H3. The van der Waals surface area contributed by atoms with Crippen LogP contribution in [-0.4, -0.2) is 94.0 Å². The number of hydrogen-bond acceptors (Lipinski definition) is 13. The fourth-order valence-corrected chi connectivity index (χ4v) is 7.73. The second kappa shape index (κ2) is 12.8. The van der Waals surface area contributed by atoms with E-state index in [4.69, 9.17) is 28.4 Å². The predicted molar refractivity (Wildman–Crippen MR) is 162 cm³/mol. The molecule has 47 heavy (non-hydrogen) atoms. The van der Waals surface area contributed by atoms with E-state index in [1.807, 2.05) is 0 Å². The number of fused-ring (bicyclic) bond motifs is 1. The van der Waals surface area contributed by atoms with Crippen LogP contribution >= 0.6 is 0 Å². The normalized spacial score (nSPS) is 35.4. The Hall–Kier alpha value is -3.55. The Bertz CT molecular complexity index is 1390. The molecule has 1 heterocycles. The Balaban J connectivity index is 2.12. The minimum Gasteiger partial charge on any atom is -0.464 e. The average Bonchev–Trinajstić information content (AvgIpc) is 3.15. The Morgan fingerprint density at radius 2 is 1.43 bits per heavy atom. The summed E-state index contributed by atoms with van der Waals surface area (Å²) in [7, 11) is 0. The molecule has 2 aliphatic carbocycles. The van der Waals surface area contributed by atoms with Crippen molar-refractivity contribution >= 4 is 29.8 Å². The molecule has 13 heteroatoms. The Morgan fingerprint density at radius 1 is 0.851 bits per heavy atom. The van der Waals surface area contributed by atoms with Crippen LogP contribution in [0.3, 0.4) is 0 Å². The highest BCUT2D eigenvalue weighted by molar-refractivity contribution is 5.89. The second-order valence-electron chi connectivity index (χ2n) is 14.1. The molecule has 260 valence electrons. The lowest BCUT2D eigenvalue weighted by Gasteiger charge is -2.66. The average molecular weight is 663 g/mol. The van der Waals surface area contributed by atoms with Gasteiger partial charge in [0.25, 0.3) is 0 Å². The lowest BCUT2D eigenvalue weighted by molar-refractivity contribution is -0.363. The van der Waals surface area contributed by atoms with Gasteiger partial charge in [-0.25, -0.2) is 4.79 Å². The summed E-state index contributed by atoms with van der Waals surface area (Å²) in [6.45, 7) is 12.4. The lowest BCUT2D eigenvalue weighted by atomic mass is 9.45. The van der Waals surface area contributed by atoms with E-state index in [1.54, 1.807) is 59.7 Å². The highest BCUT2D eigenvalue weighted by Crippen LogP contribution is 2.69. The van der Waals surface area contributed by atoms with Gasteiger partial charge in [-0.1, -0.05) is 45.9 Å². The van der Waals surface area contributed by atoms with Crippen LogP contribution in [0.2, 0.25) is 0 Å². The van der Waals surface area contributed by atoms with E-state index in [0.29, 0.717) is 0 Å². The molecule has 1 aliphatic heterocycles. The zero-order valence-corrected chi connectivity index (χ0v) is 28.3. The van der Waals surface area contributed by atoms with Crippen molar-refractivity contribution in [2.75, 3.05) is 6.61 Å². The molecule has 2 bridgehead atoms. The quantitative estimate of drug-likeness (QED) is 0.291. The van der Waals surface area contributed by atoms with Crippen LogP contribution in [0.15, 0.2) is 30.3 Å². The van der Waals surface area contributed by atoms with Crippen LogP contribution in [0.4, 0.5) is 0 Å². The summed E-state index contributed by atoms with van der Waals surface area (Å²) in [5.41, 5.74) is -7.86. The number of carbonyl (C=O) groups is 5. The molecule has 0 radical (unpaired) electrons. The van der Waals surface area contributed by atoms with Gasteiger partial charge in [-0.15, -0.1) is 0 Å². The van der Waals surface area contributed by atoms with Crippen molar-refractivity contribution in [3.8, 4) is 0 Å². The minimum absolute atomic E-state index is 0.102. The lowest BCUT2D eigenvalue weighted by Crippen LogP contribution is -2.85. The van der Waals surface area contributed by atoms with E-state index in [-0.39, 0.29) is 5.56 Å². The summed E-state index contributed by atoms with van der Waals surface area (Å²) in [6, 6.07) is 7.89. The number of aliphatic hydroxyl groups is 2. The molecule has 2 saturated carbocycles. The highest BCUT2D eigenvalue weighted by Gasteiger charge is 2.88. The molecule has 0 aromatic heterocycles. The largest absolute Gasteiger partial charge is 0.464 e. The molecule has 13 nitrogen and oxygen atoms in total. The van der Waals surface area contributed by atoms with Crippen molar-refractivity contribution in [2.24, 2.45) is 23.2 Å². The van der Waals surface area contributed by atoms with Gasteiger partial charge in [0, 0.05) is 20.3 Å². The van der Waals surface area contributed by atoms with Gasteiger partial charge in [0.15, 0.2) is 12.2 Å². The van der Waals surface area contributed by atoms with Crippen molar-refractivity contribution in [2.45, 2.75) is 116 Å². The summed E-state index contributed by atoms with van der Waals surface area (Å²) < 4.78 is 36.5. The van der Waals surface area contributed by atoms with E-state index in [9.17, 15) is 34.2 Å². The van der Waals surface area contributed by atoms with Crippen molar-refractivity contribution in [1.82, 2.24) is 0 Å². The number of ether oxygens (including phenoxy) is 6. The summed E-state index contributed by atoms with van der Waals surface area (Å²) in [4.78, 5) is 65.7. The van der Waals surface area contributed by atoms with Crippen LogP contribution in [0.5, 0.6) is 0 Å². The van der Waals surface area contributed by atoms with Crippen molar-refractivity contribution in [3.63, 3.8) is 0 Å². The Labute approximate surface area is 274 Å². The molecule has 2 N–H and O–H groups in total. The van der Waals surface area contributed by atoms with Crippen molar-refractivity contribution in [3.05, 3.63) is 35.9 Å². The maximum Gasteiger partial charge on any atom is 0.338 e. The van der Waals surface area contributed by atoms with Gasteiger partial charge in [0.1, 0.15) is 29.8 Å². The molecule has 1 saturated heterocycles. The number of benzene rings is 1. The summed E-state index contributed by atoms with van der Waals surface area (Å²) in [6.07, 6.45) is -8.38. The van der Waals surface area contributed by atoms with Gasteiger partial charge >= 0.3 is 29.8 Å². The van der Waals surface area contributed by atoms with Crippen LogP contribution in [0.1, 0.15) is 79.1 Å². The van der Waals surface area contributed by atoms with E-state index in [0.717, 1.165) is 13.8 Å². The summed E-state index contributed by atoms with van der Waals surface area (Å²) >= 11 is 0. The Morgan fingerprint density at radius 3 is 1.96 bits per heavy atom. The molecule has 9 atom stereocenters. The number of aliphatic hydroxyl groups excluding tert-OH is 1. The van der Waals surface area contributed by atoms with Crippen LogP contribution in [0.25, 0.3) is 0 Å². The molecular formula is C34H46O13. The van der Waals surface area contributed by atoms with Crippen molar-refractivity contribution < 1.29 is 62.6 Å². The molecule has 1 aromatic rings. The molecule has 3 aliphatic rings. The molecular weight excluding hydrogens is 616 g/mol. The van der Waals surface area contributed by atoms with Gasteiger partial charge in [0.2, 0.25) is 0 Å². The zero-order chi connectivity index (χ0) is 35.3. The van der Waals surface area contributed by atoms with E-state index in [1.165, 1.54) is 19.1 Å². The van der Waals surface area contributed by atoms with Gasteiger partial charge in [-0.05, 0) is 32.9 Å². The van der Waals surface area contributed by atoms with Crippen LogP contribution in [-0.2, 0) is 47.6 Å². The predicted octanol–water partition coefficient (Wildman–Crippen LogP) is 2.52. The molecule has 9 unspecified atom stereocenters. The maximum atomic E-state index is 13.9. The van der Waals surface area contributed by atoms with Gasteiger partial charge in [-0.3, -0.25) is 19.2 Å². The van der Waals surface area contributed by atoms with Gasteiger partial charge in [-0.2, -0.15) is 0 Å². The third-order valence-electron chi connectivity index (χ3n) is 9.58. The number of esters is 5. The first-order valence-corrected chi connectivity index (χ1v) is 15.8. The summed E-state index contributed by atoms with van der Waals surface area (Å²) in [5.74, 6) is -6.41. The number of carbonyl (C=O) groups excluding carboxylic acids is 5. The first kappa shape index (κ1) is 36.3.